The normalized spacial score (nSPS) is 15.6. The van der Waals surface area contributed by atoms with Gasteiger partial charge >= 0.3 is 6.09 Å². The molecule has 1 aliphatic carbocycles. The van der Waals surface area contributed by atoms with Gasteiger partial charge in [0.25, 0.3) is 0 Å². The predicted octanol–water partition coefficient (Wildman–Crippen LogP) is 2.44. The second-order valence-electron chi connectivity index (χ2n) is 6.08. The van der Waals surface area contributed by atoms with Crippen molar-refractivity contribution in [3.05, 3.63) is 46.2 Å². The molecule has 0 spiro atoms. The van der Waals surface area contributed by atoms with E-state index in [1.165, 1.54) is 23.7 Å². The quantitative estimate of drug-likeness (QED) is 0.639. The molecule has 8 nitrogen and oxygen atoms in total. The lowest BCUT2D eigenvalue weighted by Gasteiger charge is -2.22. The van der Waals surface area contributed by atoms with Crippen LogP contribution in [-0.4, -0.2) is 36.4 Å². The van der Waals surface area contributed by atoms with Crippen LogP contribution in [0, 0.1) is 11.3 Å². The Bertz CT molecular complexity index is 911. The van der Waals surface area contributed by atoms with Gasteiger partial charge in [0.1, 0.15) is 22.9 Å². The van der Waals surface area contributed by atoms with Crippen molar-refractivity contribution >= 4 is 34.4 Å². The van der Waals surface area contributed by atoms with Gasteiger partial charge in [-0.25, -0.2) is 4.79 Å². The van der Waals surface area contributed by atoms with Crippen LogP contribution < -0.4 is 10.6 Å². The fourth-order valence-electron chi connectivity index (χ4n) is 2.91. The van der Waals surface area contributed by atoms with Crippen molar-refractivity contribution < 1.29 is 23.8 Å². The monoisotopic (exact) mass is 401 g/mol. The van der Waals surface area contributed by atoms with Crippen molar-refractivity contribution in [1.29, 1.82) is 5.26 Å². The molecule has 0 fully saturated rings. The molecule has 2 aromatic heterocycles. The number of carbonyl (C=O) groups excluding carboxylic acids is 2. The Hall–Kier alpha value is -3.09. The minimum absolute atomic E-state index is 0.135. The molecule has 1 atom stereocenters. The van der Waals surface area contributed by atoms with Crippen LogP contribution in [0.2, 0.25) is 0 Å². The third kappa shape index (κ3) is 4.79. The fourth-order valence-corrected chi connectivity index (χ4v) is 4.18. The zero-order valence-electron chi connectivity index (χ0n) is 14.9. The lowest BCUT2D eigenvalue weighted by molar-refractivity contribution is -0.111. The number of alkyl carbamates (subject to hydrolysis) is 1. The first-order valence-electron chi connectivity index (χ1n) is 8.73. The maximum Gasteiger partial charge on any atom is 0.407 e. The van der Waals surface area contributed by atoms with Crippen LogP contribution in [0.1, 0.15) is 28.2 Å². The zero-order chi connectivity index (χ0) is 19.9. The van der Waals surface area contributed by atoms with Crippen LogP contribution in [0.25, 0.3) is 6.08 Å². The Morgan fingerprint density at radius 3 is 3.07 bits per heavy atom. The molecule has 2 aromatic rings. The van der Waals surface area contributed by atoms with Gasteiger partial charge < -0.3 is 24.9 Å². The molecule has 0 radical (unpaired) electrons. The third-order valence-electron chi connectivity index (χ3n) is 4.17. The van der Waals surface area contributed by atoms with Gasteiger partial charge in [0.05, 0.1) is 18.4 Å². The first kappa shape index (κ1) is 19.7. The Labute approximate surface area is 165 Å². The minimum atomic E-state index is -0.573. The van der Waals surface area contributed by atoms with Crippen LogP contribution in [0.15, 0.2) is 28.9 Å². The molecule has 146 valence electrons. The molecule has 2 amide bonds. The molecular weight excluding hydrogens is 382 g/mol. The van der Waals surface area contributed by atoms with Crippen molar-refractivity contribution in [3.8, 4) is 6.07 Å². The number of hydrogen-bond donors (Lipinski definition) is 3. The number of hydrogen-bond acceptors (Lipinski definition) is 7. The summed E-state index contributed by atoms with van der Waals surface area (Å²) in [6.07, 6.45) is 5.19. The lowest BCUT2D eigenvalue weighted by atomic mass is 9.94. The number of amides is 2. The largest absolute Gasteiger partial charge is 0.465 e. The standard InChI is InChI=1S/C19H19N3O5S/c20-11-15-14-5-3-13(27-19(25)21-7-8-23)10-16(14)28-18(15)22-17(24)6-4-12-2-1-9-26-12/h1-2,4,6,9,13,23H,3,5,7-8,10H2,(H,21,25)(H,22,24). The van der Waals surface area contributed by atoms with Gasteiger partial charge in [0.2, 0.25) is 5.91 Å². The van der Waals surface area contributed by atoms with E-state index >= 15 is 0 Å². The summed E-state index contributed by atoms with van der Waals surface area (Å²) in [5, 5.41) is 23.9. The van der Waals surface area contributed by atoms with Gasteiger partial charge in [-0.3, -0.25) is 4.79 Å². The SMILES string of the molecule is N#Cc1c(NC(=O)C=Cc2ccco2)sc2c1CCC(OC(=O)NCCO)C2. The predicted molar refractivity (Wildman–Crippen MR) is 103 cm³/mol. The van der Waals surface area contributed by atoms with Gasteiger partial charge in [-0.1, -0.05) is 0 Å². The molecule has 0 aliphatic heterocycles. The average Bonchev–Trinajstić information content (AvgIpc) is 3.31. The number of fused-ring (bicyclic) bond motifs is 1. The number of rotatable bonds is 6. The molecular formula is C19H19N3O5S. The summed E-state index contributed by atoms with van der Waals surface area (Å²) < 4.78 is 10.5. The maximum atomic E-state index is 12.2. The molecule has 0 saturated heterocycles. The second kappa shape index (κ2) is 9.21. The molecule has 0 saturated carbocycles. The van der Waals surface area contributed by atoms with Crippen molar-refractivity contribution in [2.24, 2.45) is 0 Å². The molecule has 1 unspecified atom stereocenters. The topological polar surface area (TPSA) is 125 Å². The number of aliphatic hydroxyl groups is 1. The highest BCUT2D eigenvalue weighted by molar-refractivity contribution is 7.16. The van der Waals surface area contributed by atoms with E-state index in [1.54, 1.807) is 18.2 Å². The number of thiophene rings is 1. The van der Waals surface area contributed by atoms with Gasteiger partial charge in [-0.05, 0) is 36.6 Å². The first-order valence-corrected chi connectivity index (χ1v) is 9.55. The van der Waals surface area contributed by atoms with Crippen LogP contribution in [-0.2, 0) is 22.4 Å². The molecule has 9 heteroatoms. The number of aliphatic hydroxyl groups excluding tert-OH is 1. The Morgan fingerprint density at radius 1 is 1.50 bits per heavy atom. The van der Waals surface area contributed by atoms with Crippen LogP contribution in [0.5, 0.6) is 0 Å². The first-order chi connectivity index (χ1) is 13.6. The highest BCUT2D eigenvalue weighted by Gasteiger charge is 2.28. The summed E-state index contributed by atoms with van der Waals surface area (Å²) in [5.74, 6) is 0.197. The van der Waals surface area contributed by atoms with Crippen molar-refractivity contribution in [1.82, 2.24) is 5.32 Å². The highest BCUT2D eigenvalue weighted by Crippen LogP contribution is 2.38. The van der Waals surface area contributed by atoms with Crippen molar-refractivity contribution in [3.63, 3.8) is 0 Å². The minimum Gasteiger partial charge on any atom is -0.465 e. The van der Waals surface area contributed by atoms with Gasteiger partial charge in [-0.2, -0.15) is 5.26 Å². The van der Waals surface area contributed by atoms with E-state index in [0.29, 0.717) is 35.6 Å². The van der Waals surface area contributed by atoms with Crippen LogP contribution in [0.4, 0.5) is 9.80 Å². The second-order valence-corrected chi connectivity index (χ2v) is 7.18. The van der Waals surface area contributed by atoms with Crippen molar-refractivity contribution in [2.45, 2.75) is 25.4 Å². The summed E-state index contributed by atoms with van der Waals surface area (Å²) in [7, 11) is 0. The van der Waals surface area contributed by atoms with E-state index in [2.05, 4.69) is 16.7 Å². The summed E-state index contributed by atoms with van der Waals surface area (Å²) in [5.41, 5.74) is 1.36. The van der Waals surface area contributed by atoms with Crippen LogP contribution >= 0.6 is 11.3 Å². The molecule has 0 aromatic carbocycles. The van der Waals surface area contributed by atoms with Crippen LogP contribution in [0.3, 0.4) is 0 Å². The number of furan rings is 1. The highest BCUT2D eigenvalue weighted by atomic mass is 32.1. The smallest absolute Gasteiger partial charge is 0.407 e. The third-order valence-corrected chi connectivity index (χ3v) is 5.34. The Morgan fingerprint density at radius 2 is 2.36 bits per heavy atom. The molecule has 3 rings (SSSR count). The number of carbonyl (C=O) groups is 2. The summed E-state index contributed by atoms with van der Waals surface area (Å²) in [6.45, 7) is -0.0200. The molecule has 1 aliphatic rings. The summed E-state index contributed by atoms with van der Waals surface area (Å²) in [4.78, 5) is 24.7. The lowest BCUT2D eigenvalue weighted by Crippen LogP contribution is -2.33. The fraction of sp³-hybridized carbons (Fsp3) is 0.316. The van der Waals surface area contributed by atoms with E-state index in [-0.39, 0.29) is 25.2 Å². The molecule has 28 heavy (non-hydrogen) atoms. The number of nitrogens with one attached hydrogen (secondary N) is 2. The van der Waals surface area contributed by atoms with Gasteiger partial charge in [0, 0.05) is 23.9 Å². The Balaban J connectivity index is 1.66. The van der Waals surface area contributed by atoms with E-state index in [4.69, 9.17) is 14.3 Å². The average molecular weight is 401 g/mol. The number of ether oxygens (including phenoxy) is 1. The van der Waals surface area contributed by atoms with E-state index in [9.17, 15) is 14.9 Å². The van der Waals surface area contributed by atoms with Crippen molar-refractivity contribution in [2.75, 3.05) is 18.5 Å². The summed E-state index contributed by atoms with van der Waals surface area (Å²) >= 11 is 1.32. The summed E-state index contributed by atoms with van der Waals surface area (Å²) in [6, 6.07) is 5.62. The number of nitriles is 1. The maximum absolute atomic E-state index is 12.2. The van der Waals surface area contributed by atoms with Gasteiger partial charge in [0.15, 0.2) is 0 Å². The number of anilines is 1. The number of nitrogens with zero attached hydrogens (tertiary/aromatic N) is 1. The van der Waals surface area contributed by atoms with Gasteiger partial charge in [-0.15, -0.1) is 11.3 Å². The Kier molecular flexibility index (Phi) is 6.47. The molecule has 2 heterocycles. The zero-order valence-corrected chi connectivity index (χ0v) is 15.8. The molecule has 3 N–H and O–H groups in total. The van der Waals surface area contributed by atoms with E-state index < -0.39 is 6.09 Å². The van der Waals surface area contributed by atoms with E-state index in [0.717, 1.165) is 10.4 Å². The van der Waals surface area contributed by atoms with E-state index in [1.807, 2.05) is 0 Å². The molecule has 0 bridgehead atoms.